The number of ether oxygens (including phenoxy) is 1. The fraction of sp³-hybridized carbons (Fsp3) is 0.357. The first-order valence-corrected chi connectivity index (χ1v) is 6.14. The van der Waals surface area contributed by atoms with Gasteiger partial charge in [0, 0.05) is 5.39 Å². The van der Waals surface area contributed by atoms with Crippen molar-refractivity contribution in [1.29, 1.82) is 0 Å². The molecule has 0 amide bonds. The summed E-state index contributed by atoms with van der Waals surface area (Å²) in [5.41, 5.74) is 1.02. The molecule has 0 radical (unpaired) electrons. The zero-order chi connectivity index (χ0) is 11.5. The Balaban J connectivity index is 1.80. The Labute approximate surface area is 101 Å². The lowest BCUT2D eigenvalue weighted by atomic mass is 10.1. The lowest BCUT2D eigenvalue weighted by molar-refractivity contribution is 0.162. The molecule has 0 bridgehead atoms. The lowest BCUT2D eigenvalue weighted by Gasteiger charge is -2.23. The molecule has 0 spiro atoms. The van der Waals surface area contributed by atoms with E-state index < -0.39 is 0 Å². The molecule has 1 aliphatic heterocycles. The predicted octanol–water partition coefficient (Wildman–Crippen LogP) is 2.37. The average Bonchev–Trinajstić information content (AvgIpc) is 2.40. The van der Waals surface area contributed by atoms with Crippen LogP contribution in [0, 0.1) is 0 Å². The summed E-state index contributed by atoms with van der Waals surface area (Å²) in [5, 5.41) is 4.47. The van der Waals surface area contributed by atoms with Gasteiger partial charge in [-0.1, -0.05) is 18.2 Å². The van der Waals surface area contributed by atoms with Crippen LogP contribution in [0.4, 0.5) is 0 Å². The highest BCUT2D eigenvalue weighted by molar-refractivity contribution is 5.79. The molecule has 1 N–H and O–H groups in total. The first kappa shape index (κ1) is 10.5. The number of pyridine rings is 1. The van der Waals surface area contributed by atoms with E-state index >= 15 is 0 Å². The van der Waals surface area contributed by atoms with Gasteiger partial charge in [0.05, 0.1) is 11.7 Å². The van der Waals surface area contributed by atoms with Crippen LogP contribution in [0.5, 0.6) is 5.75 Å². The summed E-state index contributed by atoms with van der Waals surface area (Å²) in [6.07, 6.45) is 4.31. The van der Waals surface area contributed by atoms with Crippen LogP contribution in [0.2, 0.25) is 0 Å². The second-order valence-electron chi connectivity index (χ2n) is 4.43. The van der Waals surface area contributed by atoms with E-state index in [1.807, 2.05) is 24.4 Å². The van der Waals surface area contributed by atoms with Crippen LogP contribution in [0.3, 0.4) is 0 Å². The van der Waals surface area contributed by atoms with Crippen LogP contribution in [0.15, 0.2) is 36.5 Å². The Morgan fingerprint density at radius 3 is 2.88 bits per heavy atom. The lowest BCUT2D eigenvalue weighted by Crippen LogP contribution is -2.34. The third-order valence-electron chi connectivity index (χ3n) is 3.15. The number of benzene rings is 1. The van der Waals surface area contributed by atoms with E-state index in [4.69, 9.17) is 4.74 Å². The summed E-state index contributed by atoms with van der Waals surface area (Å²) in [6, 6.07) is 10.2. The van der Waals surface area contributed by atoms with Gasteiger partial charge in [0.1, 0.15) is 11.9 Å². The minimum atomic E-state index is 0.333. The van der Waals surface area contributed by atoms with Crippen molar-refractivity contribution in [3.63, 3.8) is 0 Å². The number of nitrogens with one attached hydrogen (secondary N) is 1. The van der Waals surface area contributed by atoms with Crippen LogP contribution >= 0.6 is 0 Å². The second kappa shape index (κ2) is 4.72. The summed E-state index contributed by atoms with van der Waals surface area (Å²) >= 11 is 0. The third kappa shape index (κ3) is 2.39. The number of aromatic nitrogens is 1. The number of hydrogen-bond acceptors (Lipinski definition) is 3. The number of rotatable bonds is 2. The number of nitrogens with zero attached hydrogens (tertiary/aromatic N) is 1. The zero-order valence-electron chi connectivity index (χ0n) is 9.73. The molecule has 1 fully saturated rings. The molecule has 0 atom stereocenters. The van der Waals surface area contributed by atoms with E-state index in [9.17, 15) is 0 Å². The van der Waals surface area contributed by atoms with Gasteiger partial charge < -0.3 is 10.1 Å². The Kier molecular flexibility index (Phi) is 2.92. The molecule has 1 aliphatic rings. The minimum Gasteiger partial charge on any atom is -0.489 e. The van der Waals surface area contributed by atoms with Crippen molar-refractivity contribution in [2.45, 2.75) is 18.9 Å². The molecule has 0 aliphatic carbocycles. The normalized spacial score (nSPS) is 17.2. The molecule has 88 valence electrons. The first-order valence-electron chi connectivity index (χ1n) is 6.14. The van der Waals surface area contributed by atoms with Crippen LogP contribution in [0.1, 0.15) is 12.8 Å². The number of para-hydroxylation sites is 1. The van der Waals surface area contributed by atoms with Gasteiger partial charge in [0.25, 0.3) is 0 Å². The molecule has 2 aromatic rings. The predicted molar refractivity (Wildman–Crippen MR) is 68.3 cm³/mol. The topological polar surface area (TPSA) is 34.1 Å². The standard InChI is InChI=1S/C14H16N2O/c1-2-4-14-11(3-1)9-13(10-16-14)17-12-5-7-15-8-6-12/h1-4,9-10,12,15H,5-8H2. The van der Waals surface area contributed by atoms with E-state index in [2.05, 4.69) is 22.4 Å². The molecule has 17 heavy (non-hydrogen) atoms. The van der Waals surface area contributed by atoms with Gasteiger partial charge >= 0.3 is 0 Å². The van der Waals surface area contributed by atoms with E-state index in [0.717, 1.165) is 42.6 Å². The zero-order valence-corrected chi connectivity index (χ0v) is 9.73. The number of hydrogen-bond donors (Lipinski definition) is 1. The van der Waals surface area contributed by atoms with Crippen LogP contribution < -0.4 is 10.1 Å². The maximum absolute atomic E-state index is 5.96. The smallest absolute Gasteiger partial charge is 0.138 e. The average molecular weight is 228 g/mol. The molecule has 3 heteroatoms. The molecule has 0 unspecified atom stereocenters. The van der Waals surface area contributed by atoms with E-state index in [-0.39, 0.29) is 0 Å². The van der Waals surface area contributed by atoms with Gasteiger partial charge in [-0.2, -0.15) is 0 Å². The molecule has 0 saturated carbocycles. The van der Waals surface area contributed by atoms with E-state index in [0.29, 0.717) is 6.10 Å². The van der Waals surface area contributed by atoms with Crippen molar-refractivity contribution in [3.05, 3.63) is 36.5 Å². The maximum atomic E-state index is 5.96. The minimum absolute atomic E-state index is 0.333. The van der Waals surface area contributed by atoms with Crippen LogP contribution in [-0.2, 0) is 0 Å². The van der Waals surface area contributed by atoms with Gasteiger partial charge in [0.15, 0.2) is 0 Å². The van der Waals surface area contributed by atoms with Crippen molar-refractivity contribution >= 4 is 10.9 Å². The third-order valence-corrected chi connectivity index (χ3v) is 3.15. The van der Waals surface area contributed by atoms with E-state index in [1.165, 1.54) is 0 Å². The largest absolute Gasteiger partial charge is 0.489 e. The Morgan fingerprint density at radius 1 is 1.18 bits per heavy atom. The molecule has 1 aromatic heterocycles. The fourth-order valence-corrected chi connectivity index (χ4v) is 2.22. The summed E-state index contributed by atoms with van der Waals surface area (Å²) in [5.74, 6) is 0.885. The Morgan fingerprint density at radius 2 is 2.00 bits per heavy atom. The fourth-order valence-electron chi connectivity index (χ4n) is 2.22. The monoisotopic (exact) mass is 228 g/mol. The highest BCUT2D eigenvalue weighted by Crippen LogP contribution is 2.20. The van der Waals surface area contributed by atoms with Crippen LogP contribution in [0.25, 0.3) is 10.9 Å². The van der Waals surface area contributed by atoms with Crippen molar-refractivity contribution < 1.29 is 4.74 Å². The summed E-state index contributed by atoms with van der Waals surface area (Å²) in [7, 11) is 0. The van der Waals surface area contributed by atoms with Gasteiger partial charge in [0.2, 0.25) is 0 Å². The maximum Gasteiger partial charge on any atom is 0.138 e. The van der Waals surface area contributed by atoms with Gasteiger partial charge in [-0.15, -0.1) is 0 Å². The van der Waals surface area contributed by atoms with Gasteiger partial charge in [-0.25, -0.2) is 0 Å². The summed E-state index contributed by atoms with van der Waals surface area (Å²) in [6.45, 7) is 2.09. The van der Waals surface area contributed by atoms with E-state index in [1.54, 1.807) is 0 Å². The van der Waals surface area contributed by atoms with Crippen LogP contribution in [-0.4, -0.2) is 24.2 Å². The SMILES string of the molecule is c1ccc2ncc(OC3CCNCC3)cc2c1. The van der Waals surface area contributed by atoms with Crippen molar-refractivity contribution in [1.82, 2.24) is 10.3 Å². The first-order chi connectivity index (χ1) is 8.42. The summed E-state index contributed by atoms with van der Waals surface area (Å²) < 4.78 is 5.96. The summed E-state index contributed by atoms with van der Waals surface area (Å²) in [4.78, 5) is 4.41. The van der Waals surface area contributed by atoms with Crippen molar-refractivity contribution in [2.75, 3.05) is 13.1 Å². The second-order valence-corrected chi connectivity index (χ2v) is 4.43. The highest BCUT2D eigenvalue weighted by atomic mass is 16.5. The molecular weight excluding hydrogens is 212 g/mol. The molecule has 1 saturated heterocycles. The quantitative estimate of drug-likeness (QED) is 0.856. The Hall–Kier alpha value is -1.61. The highest BCUT2D eigenvalue weighted by Gasteiger charge is 2.14. The van der Waals surface area contributed by atoms with Gasteiger partial charge in [-0.05, 0) is 38.1 Å². The Bertz CT molecular complexity index is 506. The molecule has 3 rings (SSSR count). The molecule has 3 nitrogen and oxygen atoms in total. The molecule has 1 aromatic carbocycles. The molecular formula is C14H16N2O. The number of fused-ring (bicyclic) bond motifs is 1. The van der Waals surface area contributed by atoms with Crippen molar-refractivity contribution in [2.24, 2.45) is 0 Å². The van der Waals surface area contributed by atoms with Gasteiger partial charge in [-0.3, -0.25) is 4.98 Å². The molecule has 2 heterocycles. The number of piperidine rings is 1. The van der Waals surface area contributed by atoms with Crippen molar-refractivity contribution in [3.8, 4) is 5.75 Å².